The van der Waals surface area contributed by atoms with E-state index in [9.17, 15) is 4.79 Å². The molecule has 118 valence electrons. The second kappa shape index (κ2) is 7.07. The van der Waals surface area contributed by atoms with Gasteiger partial charge >= 0.3 is 0 Å². The van der Waals surface area contributed by atoms with Crippen LogP contribution in [0.1, 0.15) is 44.5 Å². The van der Waals surface area contributed by atoms with Crippen LogP contribution >= 0.6 is 0 Å². The lowest BCUT2D eigenvalue weighted by molar-refractivity contribution is -0.133. The van der Waals surface area contributed by atoms with Crippen molar-refractivity contribution < 1.29 is 4.79 Å². The van der Waals surface area contributed by atoms with Gasteiger partial charge in [-0.1, -0.05) is 12.8 Å². The Balaban J connectivity index is 1.83. The molecule has 5 nitrogen and oxygen atoms in total. The largest absolute Gasteiger partial charge is 0.343 e. The number of hydrogen-bond acceptors (Lipinski definition) is 3. The Hall–Kier alpha value is -1.36. The average Bonchev–Trinajstić information content (AvgIpc) is 3.13. The molecule has 1 atom stereocenters. The number of imidazole rings is 1. The van der Waals surface area contributed by atoms with Crippen LogP contribution in [0.25, 0.3) is 0 Å². The van der Waals surface area contributed by atoms with Gasteiger partial charge in [0.2, 0.25) is 5.91 Å². The Morgan fingerprint density at radius 1 is 1.38 bits per heavy atom. The van der Waals surface area contributed by atoms with Crippen molar-refractivity contribution >= 4 is 5.91 Å². The number of likely N-dealkylation sites (N-methyl/N-ethyl adjacent to an activating group) is 2. The van der Waals surface area contributed by atoms with Gasteiger partial charge in [0.15, 0.2) is 0 Å². The number of nitrogens with zero attached hydrogens (tertiary/aromatic N) is 4. The van der Waals surface area contributed by atoms with Crippen LogP contribution in [0.2, 0.25) is 0 Å². The quantitative estimate of drug-likeness (QED) is 0.806. The summed E-state index contributed by atoms with van der Waals surface area (Å²) in [6.45, 7) is 5.60. The van der Waals surface area contributed by atoms with Crippen LogP contribution in [0.4, 0.5) is 0 Å². The number of aromatic nitrogens is 2. The number of hydrogen-bond donors (Lipinski definition) is 0. The summed E-state index contributed by atoms with van der Waals surface area (Å²) >= 11 is 0. The van der Waals surface area contributed by atoms with E-state index in [2.05, 4.69) is 16.9 Å². The van der Waals surface area contributed by atoms with E-state index in [4.69, 9.17) is 0 Å². The van der Waals surface area contributed by atoms with E-state index in [0.717, 1.165) is 18.9 Å². The van der Waals surface area contributed by atoms with Crippen LogP contribution in [0.5, 0.6) is 0 Å². The maximum Gasteiger partial charge on any atom is 0.245 e. The molecule has 1 aliphatic carbocycles. The molecule has 0 radical (unpaired) electrons. The minimum Gasteiger partial charge on any atom is -0.343 e. The summed E-state index contributed by atoms with van der Waals surface area (Å²) in [6, 6.07) is 0.524. The van der Waals surface area contributed by atoms with Gasteiger partial charge in [-0.15, -0.1) is 0 Å². The zero-order chi connectivity index (χ0) is 15.4. The third kappa shape index (κ3) is 3.84. The van der Waals surface area contributed by atoms with E-state index in [1.807, 2.05) is 36.6 Å². The molecule has 0 N–H and O–H groups in total. The van der Waals surface area contributed by atoms with Gasteiger partial charge in [-0.25, -0.2) is 4.98 Å². The zero-order valence-corrected chi connectivity index (χ0v) is 13.7. The van der Waals surface area contributed by atoms with Gasteiger partial charge in [0.25, 0.3) is 0 Å². The molecule has 1 unspecified atom stereocenters. The Labute approximate surface area is 127 Å². The molecule has 1 aliphatic rings. The average molecular weight is 292 g/mol. The predicted octanol–water partition coefficient (Wildman–Crippen LogP) is 2.09. The van der Waals surface area contributed by atoms with E-state index in [0.29, 0.717) is 6.04 Å². The molecule has 21 heavy (non-hydrogen) atoms. The molecular formula is C16H28N4O. The molecule has 1 fully saturated rings. The maximum absolute atomic E-state index is 12.5. The maximum atomic E-state index is 12.5. The highest BCUT2D eigenvalue weighted by Crippen LogP contribution is 2.22. The SMILES string of the molecule is Cc1nccn1C(C)C(=O)N(C)CCN(C)C1CCCC1. The van der Waals surface area contributed by atoms with E-state index in [-0.39, 0.29) is 11.9 Å². The summed E-state index contributed by atoms with van der Waals surface area (Å²) in [5.74, 6) is 1.03. The molecule has 0 aromatic carbocycles. The third-order valence-electron chi connectivity index (χ3n) is 4.75. The molecular weight excluding hydrogens is 264 g/mol. The summed E-state index contributed by atoms with van der Waals surface area (Å²) in [4.78, 5) is 20.9. The Bertz CT molecular complexity index is 465. The first-order valence-electron chi connectivity index (χ1n) is 7.95. The second-order valence-corrected chi connectivity index (χ2v) is 6.24. The van der Waals surface area contributed by atoms with Gasteiger partial charge < -0.3 is 14.4 Å². The van der Waals surface area contributed by atoms with E-state index in [1.165, 1.54) is 25.7 Å². The van der Waals surface area contributed by atoms with Crippen molar-refractivity contribution in [3.8, 4) is 0 Å². The van der Waals surface area contributed by atoms with Crippen molar-refractivity contribution in [1.82, 2.24) is 19.4 Å². The highest BCUT2D eigenvalue weighted by Gasteiger charge is 2.22. The van der Waals surface area contributed by atoms with E-state index >= 15 is 0 Å². The second-order valence-electron chi connectivity index (χ2n) is 6.24. The number of carbonyl (C=O) groups is 1. The first-order valence-corrected chi connectivity index (χ1v) is 7.95. The monoisotopic (exact) mass is 292 g/mol. The van der Waals surface area contributed by atoms with Crippen LogP contribution in [0, 0.1) is 6.92 Å². The van der Waals surface area contributed by atoms with Crippen LogP contribution in [-0.4, -0.2) is 58.5 Å². The lowest BCUT2D eigenvalue weighted by Crippen LogP contribution is -2.40. The number of amides is 1. The molecule has 0 spiro atoms. The molecule has 0 saturated heterocycles. The van der Waals surface area contributed by atoms with Crippen molar-refractivity contribution in [3.63, 3.8) is 0 Å². The molecule has 0 aliphatic heterocycles. The summed E-state index contributed by atoms with van der Waals surface area (Å²) in [5, 5.41) is 0. The number of carbonyl (C=O) groups excluding carboxylic acids is 1. The molecule has 5 heteroatoms. The fourth-order valence-corrected chi connectivity index (χ4v) is 3.18. The minimum atomic E-state index is -0.186. The smallest absolute Gasteiger partial charge is 0.245 e. The van der Waals surface area contributed by atoms with Gasteiger partial charge in [0, 0.05) is 38.6 Å². The van der Waals surface area contributed by atoms with E-state index in [1.54, 1.807) is 6.20 Å². The first-order chi connectivity index (χ1) is 10.0. The number of aryl methyl sites for hydroxylation is 1. The van der Waals surface area contributed by atoms with Crippen molar-refractivity contribution in [2.24, 2.45) is 0 Å². The molecule has 2 rings (SSSR count). The summed E-state index contributed by atoms with van der Waals surface area (Å²) in [5.41, 5.74) is 0. The minimum absolute atomic E-state index is 0.149. The van der Waals surface area contributed by atoms with Crippen LogP contribution in [0.15, 0.2) is 12.4 Å². The van der Waals surface area contributed by atoms with Crippen molar-refractivity contribution in [2.75, 3.05) is 27.2 Å². The van der Waals surface area contributed by atoms with Crippen LogP contribution < -0.4 is 0 Å². The summed E-state index contributed by atoms with van der Waals surface area (Å²) < 4.78 is 1.93. The van der Waals surface area contributed by atoms with Gasteiger partial charge in [0.05, 0.1) is 0 Å². The van der Waals surface area contributed by atoms with Gasteiger partial charge in [-0.2, -0.15) is 0 Å². The van der Waals surface area contributed by atoms with E-state index < -0.39 is 0 Å². The lowest BCUT2D eigenvalue weighted by Gasteiger charge is -2.28. The molecule has 0 bridgehead atoms. The molecule has 1 saturated carbocycles. The zero-order valence-electron chi connectivity index (χ0n) is 13.7. The lowest BCUT2D eigenvalue weighted by atomic mass is 10.2. The Morgan fingerprint density at radius 2 is 2.05 bits per heavy atom. The van der Waals surface area contributed by atoms with Gasteiger partial charge in [-0.3, -0.25) is 4.79 Å². The van der Waals surface area contributed by atoms with Crippen LogP contribution in [0.3, 0.4) is 0 Å². The van der Waals surface area contributed by atoms with Gasteiger partial charge in [0.1, 0.15) is 11.9 Å². The van der Waals surface area contributed by atoms with Crippen molar-refractivity contribution in [2.45, 2.75) is 51.6 Å². The van der Waals surface area contributed by atoms with Crippen molar-refractivity contribution in [3.05, 3.63) is 18.2 Å². The molecule has 1 aromatic heterocycles. The van der Waals surface area contributed by atoms with Gasteiger partial charge in [-0.05, 0) is 33.7 Å². The van der Waals surface area contributed by atoms with Crippen molar-refractivity contribution in [1.29, 1.82) is 0 Å². The normalized spacial score (nSPS) is 17.4. The Kier molecular flexibility index (Phi) is 5.39. The third-order valence-corrected chi connectivity index (χ3v) is 4.75. The topological polar surface area (TPSA) is 41.4 Å². The summed E-state index contributed by atoms with van der Waals surface area (Å²) in [6.07, 6.45) is 8.92. The first kappa shape index (κ1) is 16.0. The molecule has 1 amide bonds. The summed E-state index contributed by atoms with van der Waals surface area (Å²) in [7, 11) is 4.07. The Morgan fingerprint density at radius 3 is 2.62 bits per heavy atom. The highest BCUT2D eigenvalue weighted by atomic mass is 16.2. The fourth-order valence-electron chi connectivity index (χ4n) is 3.18. The van der Waals surface area contributed by atoms with Crippen LogP contribution in [-0.2, 0) is 4.79 Å². The highest BCUT2D eigenvalue weighted by molar-refractivity contribution is 5.79. The molecule has 1 heterocycles. The fraction of sp³-hybridized carbons (Fsp3) is 0.750. The standard InChI is InChI=1S/C16H28N4O/c1-13(20-10-9-17-14(20)2)16(21)19(4)12-11-18(3)15-7-5-6-8-15/h9-10,13,15H,5-8,11-12H2,1-4H3. The number of rotatable bonds is 6. The molecule has 1 aromatic rings. The predicted molar refractivity (Wildman–Crippen MR) is 84.2 cm³/mol.